The van der Waals surface area contributed by atoms with Crippen LogP contribution in [-0.2, 0) is 12.0 Å². The third-order valence-electron chi connectivity index (χ3n) is 10.5. The molecule has 0 radical (unpaired) electrons. The quantitative estimate of drug-likeness (QED) is 0.140. The number of nitrogens with two attached hydrogens (primary N) is 1. The van der Waals surface area contributed by atoms with E-state index in [1.165, 1.54) is 22.3 Å². The molecule has 5 heteroatoms. The summed E-state index contributed by atoms with van der Waals surface area (Å²) in [6.07, 6.45) is 6.59. The van der Waals surface area contributed by atoms with Crippen molar-refractivity contribution in [2.45, 2.75) is 38.6 Å². The SMILES string of the molecule is CC1(C)C2=C(CCC=C2)c2c1ccc1c2Oc2c(cccc2-c2cccc(C(N)=NC(=NCc3ccccc3)c3cccc(-c4ccccc4)c3)c2)O1. The molecular weight excluding hydrogens is 651 g/mol. The van der Waals surface area contributed by atoms with Crippen LogP contribution in [0, 0.1) is 0 Å². The van der Waals surface area contributed by atoms with Crippen LogP contribution in [0.5, 0.6) is 23.0 Å². The Hall–Kier alpha value is -6.46. The molecule has 0 fully saturated rings. The van der Waals surface area contributed by atoms with Gasteiger partial charge in [0.2, 0.25) is 0 Å². The molecule has 0 saturated carbocycles. The molecule has 0 unspecified atom stereocenters. The Morgan fingerprint density at radius 2 is 1.38 bits per heavy atom. The summed E-state index contributed by atoms with van der Waals surface area (Å²) in [4.78, 5) is 9.98. The lowest BCUT2D eigenvalue weighted by Gasteiger charge is -2.27. The van der Waals surface area contributed by atoms with Gasteiger partial charge in [-0.3, -0.25) is 4.99 Å². The molecule has 0 bridgehead atoms. The number of amidine groups is 2. The van der Waals surface area contributed by atoms with Gasteiger partial charge in [-0.2, -0.15) is 0 Å². The van der Waals surface area contributed by atoms with Gasteiger partial charge < -0.3 is 15.2 Å². The Morgan fingerprint density at radius 1 is 0.679 bits per heavy atom. The van der Waals surface area contributed by atoms with E-state index in [1.807, 2.05) is 72.8 Å². The van der Waals surface area contributed by atoms with Crippen LogP contribution < -0.4 is 15.2 Å². The number of nitrogens with zero attached hydrogens (tertiary/aromatic N) is 2. The van der Waals surface area contributed by atoms with Crippen molar-refractivity contribution in [2.75, 3.05) is 0 Å². The fourth-order valence-electron chi connectivity index (χ4n) is 7.80. The highest BCUT2D eigenvalue weighted by Gasteiger charge is 2.41. The molecule has 6 aromatic rings. The molecule has 0 atom stereocenters. The van der Waals surface area contributed by atoms with E-state index in [9.17, 15) is 0 Å². The lowest BCUT2D eigenvalue weighted by Crippen LogP contribution is -2.17. The number of benzene rings is 6. The molecule has 0 saturated heterocycles. The first kappa shape index (κ1) is 32.4. The topological polar surface area (TPSA) is 69.2 Å². The maximum atomic E-state index is 6.93. The second-order valence-corrected chi connectivity index (χ2v) is 14.3. The van der Waals surface area contributed by atoms with E-state index in [2.05, 4.69) is 92.7 Å². The Balaban J connectivity index is 1.08. The van der Waals surface area contributed by atoms with E-state index in [1.54, 1.807) is 0 Å². The van der Waals surface area contributed by atoms with Gasteiger partial charge in [0.15, 0.2) is 28.8 Å². The first-order valence-electron chi connectivity index (χ1n) is 18.2. The van der Waals surface area contributed by atoms with Crippen molar-refractivity contribution < 1.29 is 9.47 Å². The van der Waals surface area contributed by atoms with Gasteiger partial charge >= 0.3 is 0 Å². The molecule has 0 amide bonds. The molecular formula is C48H39N3O2. The Kier molecular flexibility index (Phi) is 8.12. The Bertz CT molecular complexity index is 2510. The van der Waals surface area contributed by atoms with Crippen LogP contribution in [0.25, 0.3) is 27.8 Å². The number of hydrogen-bond donors (Lipinski definition) is 1. The van der Waals surface area contributed by atoms with Crippen molar-refractivity contribution >= 4 is 17.2 Å². The molecule has 5 nitrogen and oxygen atoms in total. The van der Waals surface area contributed by atoms with E-state index in [4.69, 9.17) is 25.2 Å². The molecule has 0 aromatic heterocycles. The summed E-state index contributed by atoms with van der Waals surface area (Å²) in [6, 6.07) is 47.3. The molecule has 258 valence electrons. The van der Waals surface area contributed by atoms with Crippen molar-refractivity contribution in [3.63, 3.8) is 0 Å². The van der Waals surface area contributed by atoms with Crippen LogP contribution in [0.4, 0.5) is 0 Å². The van der Waals surface area contributed by atoms with Crippen LogP contribution in [0.2, 0.25) is 0 Å². The molecule has 6 aromatic carbocycles. The summed E-state index contributed by atoms with van der Waals surface area (Å²) < 4.78 is 13.5. The standard InChI is InChI=1S/C48H39N3O2/c1-48(2)39-24-10-9-22-38(39)43-40(48)26-27-42-45(43)53-44-37(23-13-25-41(44)52-42)34-19-12-20-35(29-34)46(49)51-47(50-30-31-14-5-3-6-15-31)36-21-11-18-33(28-36)32-16-7-4-8-17-32/h3-8,10-21,23-29H,9,22,30H2,1-2H3,(H2,49,50,51). The van der Waals surface area contributed by atoms with Gasteiger partial charge in [0.05, 0.1) is 6.54 Å². The summed E-state index contributed by atoms with van der Waals surface area (Å²) in [5.41, 5.74) is 18.8. The smallest absolute Gasteiger partial charge is 0.177 e. The molecule has 1 heterocycles. The first-order valence-corrected chi connectivity index (χ1v) is 18.2. The van der Waals surface area contributed by atoms with Crippen molar-refractivity contribution in [2.24, 2.45) is 15.7 Å². The summed E-state index contributed by atoms with van der Waals surface area (Å²) in [6.45, 7) is 5.08. The molecule has 0 spiro atoms. The number of fused-ring (bicyclic) bond motifs is 5. The predicted molar refractivity (Wildman–Crippen MR) is 216 cm³/mol. The number of rotatable bonds is 6. The average Bonchev–Trinajstić information content (AvgIpc) is 3.45. The first-order chi connectivity index (χ1) is 25.9. The second-order valence-electron chi connectivity index (χ2n) is 14.3. The van der Waals surface area contributed by atoms with E-state index >= 15 is 0 Å². The minimum Gasteiger partial charge on any atom is -0.449 e. The number of ether oxygens (including phenoxy) is 2. The van der Waals surface area contributed by atoms with Crippen molar-refractivity contribution in [1.82, 2.24) is 0 Å². The van der Waals surface area contributed by atoms with Crippen LogP contribution in [0.15, 0.2) is 167 Å². The second kappa shape index (κ2) is 13.3. The highest BCUT2D eigenvalue weighted by molar-refractivity contribution is 6.11. The fourth-order valence-corrected chi connectivity index (χ4v) is 7.80. The number of para-hydroxylation sites is 1. The molecule has 3 aliphatic rings. The number of hydrogen-bond acceptors (Lipinski definition) is 3. The zero-order valence-electron chi connectivity index (χ0n) is 29.8. The summed E-state index contributed by atoms with van der Waals surface area (Å²) in [5, 5.41) is 0. The van der Waals surface area contributed by atoms with Crippen LogP contribution in [-0.4, -0.2) is 11.7 Å². The normalized spacial score (nSPS) is 15.5. The zero-order valence-corrected chi connectivity index (χ0v) is 29.8. The Morgan fingerprint density at radius 3 is 2.21 bits per heavy atom. The van der Waals surface area contributed by atoms with Gasteiger partial charge in [0, 0.05) is 27.7 Å². The van der Waals surface area contributed by atoms with Gasteiger partial charge in [0.25, 0.3) is 0 Å². The lowest BCUT2D eigenvalue weighted by atomic mass is 9.80. The van der Waals surface area contributed by atoms with Gasteiger partial charge in [-0.15, -0.1) is 0 Å². The van der Waals surface area contributed by atoms with Gasteiger partial charge in [-0.25, -0.2) is 4.99 Å². The highest BCUT2D eigenvalue weighted by atomic mass is 16.6. The van der Waals surface area contributed by atoms with Crippen molar-refractivity contribution in [1.29, 1.82) is 0 Å². The number of aliphatic imine (C=N–C) groups is 2. The minimum atomic E-state index is -0.100. The summed E-state index contributed by atoms with van der Waals surface area (Å²) in [5.74, 6) is 3.87. The van der Waals surface area contributed by atoms with Crippen LogP contribution in [0.1, 0.15) is 54.5 Å². The summed E-state index contributed by atoms with van der Waals surface area (Å²) in [7, 11) is 0. The largest absolute Gasteiger partial charge is 0.449 e. The summed E-state index contributed by atoms with van der Waals surface area (Å²) >= 11 is 0. The van der Waals surface area contributed by atoms with Gasteiger partial charge in [-0.05, 0) is 76.1 Å². The van der Waals surface area contributed by atoms with Crippen molar-refractivity contribution in [3.8, 4) is 45.3 Å². The van der Waals surface area contributed by atoms with E-state index in [0.717, 1.165) is 63.3 Å². The van der Waals surface area contributed by atoms with Crippen LogP contribution in [0.3, 0.4) is 0 Å². The van der Waals surface area contributed by atoms with Crippen LogP contribution >= 0.6 is 0 Å². The van der Waals surface area contributed by atoms with Gasteiger partial charge in [0.1, 0.15) is 5.84 Å². The minimum absolute atomic E-state index is 0.100. The average molecular weight is 690 g/mol. The maximum Gasteiger partial charge on any atom is 0.177 e. The third kappa shape index (κ3) is 5.94. The van der Waals surface area contributed by atoms with E-state index < -0.39 is 0 Å². The molecule has 1 aliphatic heterocycles. The highest BCUT2D eigenvalue weighted by Crippen LogP contribution is 2.59. The Labute approximate surface area is 310 Å². The lowest BCUT2D eigenvalue weighted by molar-refractivity contribution is 0.359. The van der Waals surface area contributed by atoms with Crippen molar-refractivity contribution in [3.05, 3.63) is 185 Å². The molecule has 2 N–H and O–H groups in total. The molecule has 53 heavy (non-hydrogen) atoms. The zero-order chi connectivity index (χ0) is 35.9. The predicted octanol–water partition coefficient (Wildman–Crippen LogP) is 11.7. The van der Waals surface area contributed by atoms with E-state index in [-0.39, 0.29) is 5.41 Å². The monoisotopic (exact) mass is 689 g/mol. The molecule has 2 aliphatic carbocycles. The third-order valence-corrected chi connectivity index (χ3v) is 10.5. The fraction of sp³-hybridized carbons (Fsp3) is 0.125. The number of allylic oxidation sites excluding steroid dienone is 4. The maximum absolute atomic E-state index is 6.93. The molecule has 9 rings (SSSR count). The van der Waals surface area contributed by atoms with Gasteiger partial charge in [-0.1, -0.05) is 141 Å². The van der Waals surface area contributed by atoms with E-state index in [0.29, 0.717) is 29.7 Å².